The Hall–Kier alpha value is -4.30. The maximum absolute atomic E-state index is 13.4. The maximum atomic E-state index is 13.4. The zero-order chi connectivity index (χ0) is 27.0. The predicted octanol–water partition coefficient (Wildman–Crippen LogP) is 2.79. The highest BCUT2D eigenvalue weighted by atomic mass is 19.3. The molecule has 3 N–H and O–H groups in total. The highest BCUT2D eigenvalue weighted by Crippen LogP contribution is 2.43. The number of benzene rings is 1. The first kappa shape index (κ1) is 25.0. The molecular weight excluding hydrogens is 516 g/mol. The second-order valence-electron chi connectivity index (χ2n) is 9.32. The van der Waals surface area contributed by atoms with Crippen LogP contribution < -0.4 is 20.1 Å². The smallest absolute Gasteiger partial charge is 0.387 e. The van der Waals surface area contributed by atoms with E-state index in [4.69, 9.17) is 14.2 Å². The number of amides is 1. The van der Waals surface area contributed by atoms with Gasteiger partial charge in [-0.25, -0.2) is 9.50 Å². The third-order valence-corrected chi connectivity index (χ3v) is 6.64. The summed E-state index contributed by atoms with van der Waals surface area (Å²) in [6.45, 7) is -1.30. The first-order valence-corrected chi connectivity index (χ1v) is 12.4. The second kappa shape index (κ2) is 10.1. The van der Waals surface area contributed by atoms with E-state index in [1.54, 1.807) is 30.7 Å². The van der Waals surface area contributed by atoms with Crippen molar-refractivity contribution in [3.05, 3.63) is 48.5 Å². The first-order valence-electron chi connectivity index (χ1n) is 12.4. The number of alkyl halides is 2. The van der Waals surface area contributed by atoms with Gasteiger partial charge in [0.15, 0.2) is 5.65 Å². The Labute approximate surface area is 220 Å². The van der Waals surface area contributed by atoms with E-state index in [2.05, 4.69) is 25.8 Å². The molecule has 2 aliphatic heterocycles. The van der Waals surface area contributed by atoms with Gasteiger partial charge < -0.3 is 30.0 Å². The summed E-state index contributed by atoms with van der Waals surface area (Å²) in [7, 11) is 0. The third kappa shape index (κ3) is 5.07. The number of ether oxygens (including phenoxy) is 3. The van der Waals surface area contributed by atoms with E-state index in [1.807, 2.05) is 0 Å². The lowest BCUT2D eigenvalue weighted by Crippen LogP contribution is -2.40. The van der Waals surface area contributed by atoms with Crippen LogP contribution in [0, 0.1) is 0 Å². The monoisotopic (exact) mass is 541 g/mol. The summed E-state index contributed by atoms with van der Waals surface area (Å²) in [5.74, 6) is -0.244. The topological polar surface area (TPSA) is 137 Å². The summed E-state index contributed by atoms with van der Waals surface area (Å²) in [6, 6.07) is 4.64. The van der Waals surface area contributed by atoms with Gasteiger partial charge in [-0.2, -0.15) is 19.0 Å². The van der Waals surface area contributed by atoms with E-state index in [0.29, 0.717) is 56.3 Å². The number of aliphatic hydroxyl groups is 1. The van der Waals surface area contributed by atoms with Crippen molar-refractivity contribution in [1.82, 2.24) is 24.4 Å². The second-order valence-corrected chi connectivity index (χ2v) is 9.32. The van der Waals surface area contributed by atoms with Crippen molar-refractivity contribution in [3.63, 3.8) is 0 Å². The Morgan fingerprint density at radius 2 is 2.13 bits per heavy atom. The fourth-order valence-corrected chi connectivity index (χ4v) is 4.72. The zero-order valence-corrected chi connectivity index (χ0v) is 20.6. The molecule has 0 radical (unpaired) electrons. The number of nitrogens with one attached hydrogen (secondary N) is 2. The fourth-order valence-electron chi connectivity index (χ4n) is 4.72. The van der Waals surface area contributed by atoms with Crippen molar-refractivity contribution in [2.24, 2.45) is 0 Å². The minimum atomic E-state index is -3.10. The Bertz CT molecular complexity index is 1520. The van der Waals surface area contributed by atoms with Crippen molar-refractivity contribution in [2.45, 2.75) is 31.6 Å². The standard InChI is InChI=1S/C25H25F2N7O5/c26-24(27)39-19-11-17-20(38-9-5-28-17)10-15(19)21-18(13-33(32-21)14-25(36)2-7-37-8-3-25)31-23(35)16-12-30-34-6-1-4-29-22(16)34/h1,4,6,10-13,24,28,36H,2-3,5,7-9,14H2,(H,31,35). The molecule has 0 saturated carbocycles. The molecule has 0 atom stereocenters. The minimum Gasteiger partial charge on any atom is -0.490 e. The number of carbonyl (C=O) groups excluding carboxylic acids is 1. The van der Waals surface area contributed by atoms with E-state index >= 15 is 0 Å². The van der Waals surface area contributed by atoms with E-state index < -0.39 is 18.1 Å². The van der Waals surface area contributed by atoms with Crippen molar-refractivity contribution >= 4 is 22.9 Å². The van der Waals surface area contributed by atoms with E-state index in [-0.39, 0.29) is 34.8 Å². The van der Waals surface area contributed by atoms with Gasteiger partial charge in [-0.15, -0.1) is 0 Å². The molecule has 1 aromatic carbocycles. The van der Waals surface area contributed by atoms with Crippen LogP contribution >= 0.6 is 0 Å². The summed E-state index contributed by atoms with van der Waals surface area (Å²) in [4.78, 5) is 17.6. The predicted molar refractivity (Wildman–Crippen MR) is 134 cm³/mol. The van der Waals surface area contributed by atoms with Crippen LogP contribution in [0.5, 0.6) is 11.5 Å². The lowest BCUT2D eigenvalue weighted by atomic mass is 9.94. The Morgan fingerprint density at radius 1 is 1.28 bits per heavy atom. The van der Waals surface area contributed by atoms with E-state index in [9.17, 15) is 18.7 Å². The zero-order valence-electron chi connectivity index (χ0n) is 20.6. The lowest BCUT2D eigenvalue weighted by molar-refractivity contribution is -0.0744. The highest BCUT2D eigenvalue weighted by molar-refractivity contribution is 6.09. The van der Waals surface area contributed by atoms with Crippen LogP contribution in [-0.4, -0.2) is 74.0 Å². The van der Waals surface area contributed by atoms with Gasteiger partial charge in [0.1, 0.15) is 29.4 Å². The molecule has 1 amide bonds. The molecule has 2 aliphatic rings. The molecule has 14 heteroatoms. The molecule has 3 aromatic heterocycles. The minimum absolute atomic E-state index is 0.103. The van der Waals surface area contributed by atoms with Crippen LogP contribution in [0.25, 0.3) is 16.9 Å². The first-order chi connectivity index (χ1) is 18.9. The summed E-state index contributed by atoms with van der Waals surface area (Å²) in [5.41, 5.74) is 0.531. The van der Waals surface area contributed by atoms with Gasteiger partial charge in [-0.05, 0) is 12.1 Å². The van der Waals surface area contributed by atoms with E-state index in [1.165, 1.54) is 21.5 Å². The molecule has 1 fully saturated rings. The quantitative estimate of drug-likeness (QED) is 0.323. The van der Waals surface area contributed by atoms with Crippen molar-refractivity contribution in [1.29, 1.82) is 0 Å². The molecular formula is C25H25F2N7O5. The SMILES string of the molecule is O=C(Nc1cn(CC2(O)CCOCC2)nc1-c1cc2c(cc1OC(F)F)NCCO2)c1cnn2cccnc12. The van der Waals surface area contributed by atoms with Crippen LogP contribution in [-0.2, 0) is 11.3 Å². The number of fused-ring (bicyclic) bond motifs is 2. The van der Waals surface area contributed by atoms with Crippen molar-refractivity contribution in [2.75, 3.05) is 37.0 Å². The Morgan fingerprint density at radius 3 is 2.95 bits per heavy atom. The molecule has 0 spiro atoms. The van der Waals surface area contributed by atoms with Crippen LogP contribution in [0.2, 0.25) is 0 Å². The summed E-state index contributed by atoms with van der Waals surface area (Å²) < 4.78 is 45.7. The molecule has 0 unspecified atom stereocenters. The summed E-state index contributed by atoms with van der Waals surface area (Å²) >= 11 is 0. The van der Waals surface area contributed by atoms with Crippen LogP contribution in [0.3, 0.4) is 0 Å². The molecule has 5 heterocycles. The van der Waals surface area contributed by atoms with Gasteiger partial charge in [-0.1, -0.05) is 0 Å². The van der Waals surface area contributed by atoms with Gasteiger partial charge in [0.25, 0.3) is 5.91 Å². The molecule has 0 aliphatic carbocycles. The average molecular weight is 542 g/mol. The molecule has 39 heavy (non-hydrogen) atoms. The van der Waals surface area contributed by atoms with Crippen molar-refractivity contribution < 1.29 is 32.9 Å². The molecule has 0 bridgehead atoms. The average Bonchev–Trinajstić information content (AvgIpc) is 3.52. The number of nitrogens with zero attached hydrogens (tertiary/aromatic N) is 5. The molecule has 4 aromatic rings. The number of hydrogen-bond acceptors (Lipinski definition) is 9. The highest BCUT2D eigenvalue weighted by Gasteiger charge is 2.32. The Balaban J connectivity index is 1.42. The van der Waals surface area contributed by atoms with Gasteiger partial charge >= 0.3 is 6.61 Å². The van der Waals surface area contributed by atoms with Crippen LogP contribution in [0.15, 0.2) is 43.0 Å². The lowest BCUT2D eigenvalue weighted by Gasteiger charge is -2.31. The number of carbonyl (C=O) groups is 1. The van der Waals surface area contributed by atoms with Gasteiger partial charge in [0.2, 0.25) is 0 Å². The summed E-state index contributed by atoms with van der Waals surface area (Å²) in [5, 5.41) is 25.7. The normalized spacial score (nSPS) is 16.4. The number of aromatic nitrogens is 5. The number of rotatable bonds is 7. The number of hydrogen-bond donors (Lipinski definition) is 3. The van der Waals surface area contributed by atoms with E-state index in [0.717, 1.165) is 0 Å². The largest absolute Gasteiger partial charge is 0.490 e. The van der Waals surface area contributed by atoms with Crippen LogP contribution in [0.1, 0.15) is 23.2 Å². The summed E-state index contributed by atoms with van der Waals surface area (Å²) in [6.07, 6.45) is 6.93. The van der Waals surface area contributed by atoms with Crippen LogP contribution in [0.4, 0.5) is 20.2 Å². The molecule has 6 rings (SSSR count). The molecule has 12 nitrogen and oxygen atoms in total. The molecule has 204 valence electrons. The van der Waals surface area contributed by atoms with Gasteiger partial charge in [0, 0.05) is 57.3 Å². The number of anilines is 2. The molecule has 1 saturated heterocycles. The maximum Gasteiger partial charge on any atom is 0.387 e. The van der Waals surface area contributed by atoms with Gasteiger partial charge in [-0.3, -0.25) is 9.48 Å². The van der Waals surface area contributed by atoms with Crippen molar-refractivity contribution in [3.8, 4) is 22.8 Å². The fraction of sp³-hybridized carbons (Fsp3) is 0.360. The third-order valence-electron chi connectivity index (χ3n) is 6.64. The van der Waals surface area contributed by atoms with Gasteiger partial charge in [0.05, 0.1) is 35.3 Å². The number of halogens is 2. The Kier molecular flexibility index (Phi) is 6.48.